The molecule has 2 N–H and O–H groups in total. The topological polar surface area (TPSA) is 141 Å². The van der Waals surface area contributed by atoms with Crippen molar-refractivity contribution in [1.82, 2.24) is 25.3 Å². The molecule has 11 heteroatoms. The van der Waals surface area contributed by atoms with Crippen molar-refractivity contribution in [3.8, 4) is 28.5 Å². The Hall–Kier alpha value is -5.19. The Labute approximate surface area is 254 Å². The second-order valence-corrected chi connectivity index (χ2v) is 10.7. The van der Waals surface area contributed by atoms with Gasteiger partial charge in [0.2, 0.25) is 11.9 Å². The van der Waals surface area contributed by atoms with Crippen molar-refractivity contribution in [3.05, 3.63) is 84.6 Å². The van der Waals surface area contributed by atoms with Gasteiger partial charge in [-0.25, -0.2) is 9.97 Å². The predicted octanol–water partition coefficient (Wildman–Crippen LogP) is 5.76. The fourth-order valence-electron chi connectivity index (χ4n) is 5.25. The van der Waals surface area contributed by atoms with Gasteiger partial charge in [-0.1, -0.05) is 31.0 Å². The summed E-state index contributed by atoms with van der Waals surface area (Å²) in [6.45, 7) is 2.05. The molecule has 226 valence electrons. The van der Waals surface area contributed by atoms with Crippen LogP contribution in [0.15, 0.2) is 71.6 Å². The molecule has 0 radical (unpaired) electrons. The molecule has 1 aliphatic rings. The quantitative estimate of drug-likeness (QED) is 0.136. The van der Waals surface area contributed by atoms with E-state index in [1.165, 1.54) is 12.5 Å². The molecule has 6 rings (SSSR count). The molecule has 0 bridgehead atoms. The number of aromatic amines is 1. The van der Waals surface area contributed by atoms with Crippen LogP contribution in [-0.4, -0.2) is 51.4 Å². The Morgan fingerprint density at radius 2 is 1.95 bits per heavy atom. The maximum absolute atomic E-state index is 13.4. The van der Waals surface area contributed by atoms with Gasteiger partial charge in [0.25, 0.3) is 11.8 Å². The number of carbonyl (C=O) groups is 2. The number of aromatic nitrogens is 4. The molecule has 5 aromatic rings. The number of nitrogens with one attached hydrogen (secondary N) is 2. The van der Waals surface area contributed by atoms with Gasteiger partial charge in [-0.2, -0.15) is 0 Å². The molecule has 44 heavy (non-hydrogen) atoms. The lowest BCUT2D eigenvalue weighted by Gasteiger charge is -2.27. The van der Waals surface area contributed by atoms with E-state index < -0.39 is 12.1 Å². The number of hydrogen-bond donors (Lipinski definition) is 2. The molecule has 0 saturated carbocycles. The number of carbonyl (C=O) groups excluding carboxylic acids is 2. The Bertz CT molecular complexity index is 1770. The zero-order chi connectivity index (χ0) is 30.5. The number of amides is 1. The zero-order valence-electron chi connectivity index (χ0n) is 24.5. The van der Waals surface area contributed by atoms with Gasteiger partial charge in [0.15, 0.2) is 11.5 Å². The Morgan fingerprint density at radius 3 is 2.77 bits per heavy atom. The van der Waals surface area contributed by atoms with Crippen LogP contribution in [0.3, 0.4) is 0 Å². The highest BCUT2D eigenvalue weighted by Gasteiger charge is 2.30. The average Bonchev–Trinajstić information content (AvgIpc) is 3.76. The lowest BCUT2D eigenvalue weighted by Crippen LogP contribution is -2.45. The summed E-state index contributed by atoms with van der Waals surface area (Å²) in [5, 5.41) is 4.09. The summed E-state index contributed by atoms with van der Waals surface area (Å²) in [6.07, 6.45) is 6.90. The van der Waals surface area contributed by atoms with E-state index in [1.54, 1.807) is 19.4 Å². The number of ketones is 1. The highest BCUT2D eigenvalue weighted by Crippen LogP contribution is 2.34. The molecular weight excluding hydrogens is 562 g/mol. The number of nitrogens with zero attached hydrogens (tertiary/aromatic N) is 3. The fourth-order valence-corrected chi connectivity index (χ4v) is 5.25. The van der Waals surface area contributed by atoms with Gasteiger partial charge >= 0.3 is 0 Å². The molecule has 2 unspecified atom stereocenters. The summed E-state index contributed by atoms with van der Waals surface area (Å²) in [6, 6.07) is 14.8. The van der Waals surface area contributed by atoms with Crippen LogP contribution in [0.1, 0.15) is 60.3 Å². The highest BCUT2D eigenvalue weighted by atomic mass is 16.6. The van der Waals surface area contributed by atoms with E-state index in [4.69, 9.17) is 18.6 Å². The lowest BCUT2D eigenvalue weighted by molar-refractivity contribution is -0.131. The number of pyridine rings is 1. The summed E-state index contributed by atoms with van der Waals surface area (Å²) in [7, 11) is 1.62. The first-order valence-electron chi connectivity index (χ1n) is 14.6. The molecular formula is C33H33N5O6. The zero-order valence-corrected chi connectivity index (χ0v) is 24.5. The van der Waals surface area contributed by atoms with Crippen molar-refractivity contribution in [3.63, 3.8) is 0 Å². The van der Waals surface area contributed by atoms with Gasteiger partial charge in [-0.3, -0.25) is 14.6 Å². The Kier molecular flexibility index (Phi) is 8.53. The van der Waals surface area contributed by atoms with Crippen molar-refractivity contribution >= 4 is 22.6 Å². The van der Waals surface area contributed by atoms with Gasteiger partial charge in [0.05, 0.1) is 36.8 Å². The number of aryl methyl sites for hydroxylation is 1. The molecule has 11 nitrogen and oxygen atoms in total. The first-order chi connectivity index (χ1) is 21.5. The summed E-state index contributed by atoms with van der Waals surface area (Å²) in [5.74, 6) is 2.10. The maximum atomic E-state index is 13.4. The van der Waals surface area contributed by atoms with E-state index in [0.717, 1.165) is 40.7 Å². The molecule has 4 heterocycles. The normalized spacial score (nSPS) is 14.7. The van der Waals surface area contributed by atoms with Crippen LogP contribution in [0.25, 0.3) is 22.2 Å². The van der Waals surface area contributed by atoms with Crippen LogP contribution in [0.4, 0.5) is 0 Å². The van der Waals surface area contributed by atoms with Crippen molar-refractivity contribution in [1.29, 1.82) is 0 Å². The van der Waals surface area contributed by atoms with E-state index in [2.05, 4.69) is 25.3 Å². The number of methoxy groups -OCH3 is 1. The standard InChI is InChI=1S/C33H33N5O6/c1-20-12-13-21-16-22(29(41-2)17-24(21)36-20)25-18-35-31(37-25)23(8-4-3-5-9-26(39)33-34-14-15-42-33)38-32(40)30-19-43-27-10-6-7-11-28(27)44-30/h6-7,10-18,23,30H,3-5,8-9,19H2,1-2H3,(H,35,37)(H,38,40). The van der Waals surface area contributed by atoms with E-state index in [1.807, 2.05) is 49.4 Å². The summed E-state index contributed by atoms with van der Waals surface area (Å²) >= 11 is 0. The number of ether oxygens (including phenoxy) is 3. The number of fused-ring (bicyclic) bond motifs is 2. The Balaban J connectivity index is 1.18. The van der Waals surface area contributed by atoms with Gasteiger partial charge in [0, 0.05) is 29.1 Å². The molecule has 0 saturated heterocycles. The largest absolute Gasteiger partial charge is 0.496 e. The maximum Gasteiger partial charge on any atom is 0.265 e. The third-order valence-corrected chi connectivity index (χ3v) is 7.55. The molecule has 0 fully saturated rings. The Morgan fingerprint density at radius 1 is 1.09 bits per heavy atom. The number of oxazole rings is 1. The van der Waals surface area contributed by atoms with Gasteiger partial charge < -0.3 is 28.9 Å². The minimum atomic E-state index is -0.809. The highest BCUT2D eigenvalue weighted by molar-refractivity contribution is 5.91. The monoisotopic (exact) mass is 595 g/mol. The van der Waals surface area contributed by atoms with Crippen LogP contribution in [0.5, 0.6) is 17.2 Å². The number of unbranched alkanes of at least 4 members (excludes halogenated alkanes) is 2. The molecule has 3 aromatic heterocycles. The number of H-pyrrole nitrogens is 1. The van der Waals surface area contributed by atoms with Crippen molar-refractivity contribution in [2.75, 3.05) is 13.7 Å². The molecule has 0 aliphatic carbocycles. The van der Waals surface area contributed by atoms with Gasteiger partial charge in [-0.15, -0.1) is 0 Å². The number of imidazole rings is 1. The smallest absolute Gasteiger partial charge is 0.265 e. The molecule has 1 amide bonds. The summed E-state index contributed by atoms with van der Waals surface area (Å²) in [5.41, 5.74) is 3.35. The van der Waals surface area contributed by atoms with E-state index in [9.17, 15) is 9.59 Å². The van der Waals surface area contributed by atoms with Crippen molar-refractivity contribution < 1.29 is 28.2 Å². The number of hydrogen-bond acceptors (Lipinski definition) is 9. The third-order valence-electron chi connectivity index (χ3n) is 7.55. The van der Waals surface area contributed by atoms with E-state index in [0.29, 0.717) is 42.3 Å². The van der Waals surface area contributed by atoms with Crippen LogP contribution in [-0.2, 0) is 4.79 Å². The van der Waals surface area contributed by atoms with Crippen molar-refractivity contribution in [2.45, 2.75) is 51.2 Å². The average molecular weight is 596 g/mol. The molecule has 0 spiro atoms. The number of benzene rings is 2. The minimum absolute atomic E-state index is 0.101. The van der Waals surface area contributed by atoms with Crippen LogP contribution in [0.2, 0.25) is 0 Å². The molecule has 2 aromatic carbocycles. The van der Waals surface area contributed by atoms with Crippen molar-refractivity contribution in [2.24, 2.45) is 0 Å². The number of para-hydroxylation sites is 2. The second-order valence-electron chi connectivity index (χ2n) is 10.7. The van der Waals surface area contributed by atoms with E-state index >= 15 is 0 Å². The summed E-state index contributed by atoms with van der Waals surface area (Å²) < 4.78 is 22.5. The number of rotatable bonds is 12. The second kappa shape index (κ2) is 13.0. The number of Topliss-reactive ketones (excluding diaryl/α,β-unsaturated/α-hetero) is 1. The van der Waals surface area contributed by atoms with Crippen LogP contribution >= 0.6 is 0 Å². The van der Waals surface area contributed by atoms with Gasteiger partial charge in [0.1, 0.15) is 24.4 Å². The van der Waals surface area contributed by atoms with Crippen LogP contribution < -0.4 is 19.5 Å². The first kappa shape index (κ1) is 28.9. The predicted molar refractivity (Wildman–Crippen MR) is 162 cm³/mol. The first-order valence-corrected chi connectivity index (χ1v) is 14.6. The molecule has 1 aliphatic heterocycles. The van der Waals surface area contributed by atoms with E-state index in [-0.39, 0.29) is 24.2 Å². The molecule has 2 atom stereocenters. The fraction of sp³-hybridized carbons (Fsp3) is 0.303. The third kappa shape index (κ3) is 6.41. The summed E-state index contributed by atoms with van der Waals surface area (Å²) in [4.78, 5) is 42.3. The lowest BCUT2D eigenvalue weighted by atomic mass is 10.0. The van der Waals surface area contributed by atoms with Gasteiger partial charge in [-0.05, 0) is 44.0 Å². The SMILES string of the molecule is COc1cc2nc(C)ccc2cc1-c1cnc(C(CCCCCC(=O)c2ncco2)NC(=O)C2COc3ccccc3O2)[nH]1. The minimum Gasteiger partial charge on any atom is -0.496 e. The van der Waals surface area contributed by atoms with Crippen LogP contribution in [0, 0.1) is 6.92 Å².